The smallest absolute Gasteiger partial charge is 0.255 e. The number of hydrogen-bond donors (Lipinski definition) is 2. The van der Waals surface area contributed by atoms with Crippen LogP contribution in [0.4, 0.5) is 0 Å². The van der Waals surface area contributed by atoms with E-state index < -0.39 is 6.04 Å². The van der Waals surface area contributed by atoms with E-state index in [9.17, 15) is 9.59 Å². The Balaban J connectivity index is 1.46. The number of hydrogen-bond acceptors (Lipinski definition) is 2. The summed E-state index contributed by atoms with van der Waals surface area (Å²) in [6.07, 6.45) is 6.20. The van der Waals surface area contributed by atoms with Crippen LogP contribution in [0.3, 0.4) is 0 Å². The van der Waals surface area contributed by atoms with E-state index in [0.717, 1.165) is 35.0 Å². The van der Waals surface area contributed by atoms with Gasteiger partial charge in [-0.3, -0.25) is 9.59 Å². The molecule has 0 unspecified atom stereocenters. The first-order chi connectivity index (χ1) is 14.7. The Labute approximate surface area is 175 Å². The van der Waals surface area contributed by atoms with E-state index in [2.05, 4.69) is 22.4 Å². The molecular formula is C25H25N3O2. The van der Waals surface area contributed by atoms with Crippen molar-refractivity contribution < 1.29 is 9.59 Å². The number of carbonyl (C=O) groups excluding carboxylic acids is 2. The molecule has 3 heterocycles. The molecule has 5 heteroatoms. The summed E-state index contributed by atoms with van der Waals surface area (Å²) in [5, 5.41) is 4.43. The average Bonchev–Trinajstić information content (AvgIpc) is 3.30. The summed E-state index contributed by atoms with van der Waals surface area (Å²) in [5.74, 6) is -0.0484. The predicted octanol–water partition coefficient (Wildman–Crippen LogP) is 4.09. The van der Waals surface area contributed by atoms with Crippen LogP contribution in [0.2, 0.25) is 0 Å². The van der Waals surface area contributed by atoms with Crippen LogP contribution in [0.5, 0.6) is 0 Å². The van der Waals surface area contributed by atoms with Crippen molar-refractivity contribution in [1.29, 1.82) is 0 Å². The van der Waals surface area contributed by atoms with Crippen molar-refractivity contribution in [2.45, 2.75) is 56.7 Å². The number of benzene rings is 2. The first-order valence-electron chi connectivity index (χ1n) is 11.0. The number of nitrogens with zero attached hydrogens (tertiary/aromatic N) is 1. The lowest BCUT2D eigenvalue weighted by molar-refractivity contribution is -0.127. The van der Waals surface area contributed by atoms with Crippen molar-refractivity contribution in [2.24, 2.45) is 0 Å². The first kappa shape index (κ1) is 17.8. The standard InChI is InChI=1S/C25H25N3O2/c29-24(26-15-8-2-1-3-9-15)21-14-19-16-10-6-7-13-20(16)27-22(19)23-17-11-4-5-12-18(17)25(30)28(21)23/h4-7,10-13,15,21,23,27H,1-3,8-9,14H2,(H,26,29)/t21-,23+/m0/s1. The summed E-state index contributed by atoms with van der Waals surface area (Å²) >= 11 is 0. The summed E-state index contributed by atoms with van der Waals surface area (Å²) in [6.45, 7) is 0. The minimum absolute atomic E-state index is 0.0102. The number of nitrogens with one attached hydrogen (secondary N) is 2. The molecule has 30 heavy (non-hydrogen) atoms. The van der Waals surface area contributed by atoms with Gasteiger partial charge in [-0.2, -0.15) is 0 Å². The Morgan fingerprint density at radius 3 is 2.63 bits per heavy atom. The molecule has 2 aromatic carbocycles. The minimum atomic E-state index is -0.483. The molecule has 0 saturated heterocycles. The maximum atomic E-state index is 13.5. The molecule has 5 nitrogen and oxygen atoms in total. The van der Waals surface area contributed by atoms with E-state index >= 15 is 0 Å². The molecule has 2 atom stereocenters. The van der Waals surface area contributed by atoms with E-state index in [1.807, 2.05) is 41.3 Å². The molecule has 1 saturated carbocycles. The van der Waals surface area contributed by atoms with Gasteiger partial charge in [-0.05, 0) is 36.1 Å². The molecule has 6 rings (SSSR count). The molecule has 152 valence electrons. The zero-order chi connectivity index (χ0) is 20.2. The van der Waals surface area contributed by atoms with Gasteiger partial charge in [0.2, 0.25) is 5.91 Å². The molecule has 0 bridgehead atoms. The van der Waals surface area contributed by atoms with Crippen LogP contribution in [-0.4, -0.2) is 33.8 Å². The number of fused-ring (bicyclic) bond motifs is 7. The second-order valence-electron chi connectivity index (χ2n) is 8.83. The summed E-state index contributed by atoms with van der Waals surface area (Å²) in [5.41, 5.74) is 4.99. The molecule has 1 aliphatic carbocycles. The lowest BCUT2D eigenvalue weighted by Gasteiger charge is -2.38. The van der Waals surface area contributed by atoms with E-state index in [0.29, 0.717) is 12.0 Å². The first-order valence-corrected chi connectivity index (χ1v) is 11.0. The highest BCUT2D eigenvalue weighted by Gasteiger charge is 2.49. The average molecular weight is 399 g/mol. The monoisotopic (exact) mass is 399 g/mol. The molecule has 1 fully saturated rings. The molecular weight excluding hydrogens is 374 g/mol. The number of aromatic amines is 1. The van der Waals surface area contributed by atoms with Gasteiger partial charge in [-0.15, -0.1) is 0 Å². The van der Waals surface area contributed by atoms with Crippen molar-refractivity contribution in [2.75, 3.05) is 0 Å². The zero-order valence-electron chi connectivity index (χ0n) is 16.9. The fourth-order valence-electron chi connectivity index (χ4n) is 5.68. The Hall–Kier alpha value is -3.08. The van der Waals surface area contributed by atoms with Crippen LogP contribution in [0.15, 0.2) is 48.5 Å². The fourth-order valence-corrected chi connectivity index (χ4v) is 5.68. The van der Waals surface area contributed by atoms with Crippen LogP contribution in [-0.2, 0) is 11.2 Å². The van der Waals surface area contributed by atoms with Crippen LogP contribution in [0.1, 0.15) is 65.3 Å². The van der Waals surface area contributed by atoms with Gasteiger partial charge in [-0.1, -0.05) is 55.7 Å². The highest BCUT2D eigenvalue weighted by Crippen LogP contribution is 2.46. The Kier molecular flexibility index (Phi) is 3.98. The third-order valence-electron chi connectivity index (χ3n) is 7.11. The second-order valence-corrected chi connectivity index (χ2v) is 8.83. The van der Waals surface area contributed by atoms with Gasteiger partial charge in [0.1, 0.15) is 6.04 Å². The molecule has 3 aromatic rings. The van der Waals surface area contributed by atoms with Crippen molar-refractivity contribution in [3.05, 3.63) is 70.9 Å². The normalized spacial score (nSPS) is 23.2. The Morgan fingerprint density at radius 1 is 1.00 bits per heavy atom. The third kappa shape index (κ3) is 2.54. The van der Waals surface area contributed by atoms with Gasteiger partial charge >= 0.3 is 0 Å². The number of aromatic nitrogens is 1. The SMILES string of the molecule is O=C(NC1CCCCC1)[C@@H]1Cc2c([nH]c3ccccc23)[C@H]2c3ccccc3C(=O)N21. The van der Waals surface area contributed by atoms with Gasteiger partial charge in [-0.25, -0.2) is 0 Å². The van der Waals surface area contributed by atoms with Crippen LogP contribution >= 0.6 is 0 Å². The summed E-state index contributed by atoms with van der Waals surface area (Å²) < 4.78 is 0. The highest BCUT2D eigenvalue weighted by molar-refractivity contribution is 6.03. The molecule has 3 aliphatic rings. The van der Waals surface area contributed by atoms with E-state index in [4.69, 9.17) is 0 Å². The van der Waals surface area contributed by atoms with E-state index in [1.165, 1.54) is 24.8 Å². The number of H-pyrrole nitrogens is 1. The number of rotatable bonds is 2. The highest BCUT2D eigenvalue weighted by atomic mass is 16.2. The predicted molar refractivity (Wildman–Crippen MR) is 115 cm³/mol. The van der Waals surface area contributed by atoms with Crippen LogP contribution in [0.25, 0.3) is 10.9 Å². The summed E-state index contributed by atoms with van der Waals surface area (Å²) in [6, 6.07) is 15.5. The van der Waals surface area contributed by atoms with Crippen LogP contribution in [0, 0.1) is 0 Å². The molecule has 2 aliphatic heterocycles. The van der Waals surface area contributed by atoms with Gasteiger partial charge in [0.15, 0.2) is 0 Å². The van der Waals surface area contributed by atoms with Crippen molar-refractivity contribution in [3.63, 3.8) is 0 Å². The minimum Gasteiger partial charge on any atom is -0.356 e. The molecule has 1 aromatic heterocycles. The summed E-state index contributed by atoms with van der Waals surface area (Å²) in [7, 11) is 0. The number of carbonyl (C=O) groups is 2. The number of para-hydroxylation sites is 1. The number of amides is 2. The van der Waals surface area contributed by atoms with Crippen molar-refractivity contribution in [1.82, 2.24) is 15.2 Å². The fraction of sp³-hybridized carbons (Fsp3) is 0.360. The maximum absolute atomic E-state index is 13.5. The lowest BCUT2D eigenvalue weighted by atomic mass is 9.89. The summed E-state index contributed by atoms with van der Waals surface area (Å²) in [4.78, 5) is 32.2. The van der Waals surface area contributed by atoms with Gasteiger partial charge in [0.05, 0.1) is 6.04 Å². The maximum Gasteiger partial charge on any atom is 0.255 e. The van der Waals surface area contributed by atoms with Gasteiger partial charge in [0.25, 0.3) is 5.91 Å². The second kappa shape index (κ2) is 6.73. The Morgan fingerprint density at radius 2 is 1.77 bits per heavy atom. The molecule has 2 amide bonds. The zero-order valence-corrected chi connectivity index (χ0v) is 16.9. The van der Waals surface area contributed by atoms with Crippen molar-refractivity contribution in [3.8, 4) is 0 Å². The van der Waals surface area contributed by atoms with Gasteiger partial charge in [0, 0.05) is 34.6 Å². The molecule has 0 spiro atoms. The Bertz CT molecular complexity index is 1160. The lowest BCUT2D eigenvalue weighted by Crippen LogP contribution is -2.54. The van der Waals surface area contributed by atoms with E-state index in [1.54, 1.807) is 0 Å². The van der Waals surface area contributed by atoms with E-state index in [-0.39, 0.29) is 23.9 Å². The van der Waals surface area contributed by atoms with Crippen molar-refractivity contribution >= 4 is 22.7 Å². The molecule has 0 radical (unpaired) electrons. The third-order valence-corrected chi connectivity index (χ3v) is 7.11. The largest absolute Gasteiger partial charge is 0.356 e. The van der Waals surface area contributed by atoms with Gasteiger partial charge < -0.3 is 15.2 Å². The van der Waals surface area contributed by atoms with Crippen LogP contribution < -0.4 is 5.32 Å². The quantitative estimate of drug-likeness (QED) is 0.682. The molecule has 2 N–H and O–H groups in total. The topological polar surface area (TPSA) is 65.2 Å².